The van der Waals surface area contributed by atoms with Crippen LogP contribution in [-0.4, -0.2) is 33.6 Å². The van der Waals surface area contributed by atoms with Crippen molar-refractivity contribution in [1.29, 1.82) is 0 Å². The number of hydrogen-bond acceptors (Lipinski definition) is 1. The van der Waals surface area contributed by atoms with Gasteiger partial charge in [-0.2, -0.15) is 0 Å². The normalized spacial score (nSPS) is 11.9. The van der Waals surface area contributed by atoms with Crippen LogP contribution in [0, 0.1) is 11.6 Å². The number of rotatable bonds is 7. The molecule has 0 N–H and O–H groups in total. The molecule has 0 spiro atoms. The standard InChI is InChI=1S/C19H25F2NSi/c1-4-14-23(15-13-22(2)3,18-9-5-16(20)6-10-18)19-11-7-17(21)8-12-19/h5-12H,4,13-15H2,1-3H3. The van der Waals surface area contributed by atoms with Gasteiger partial charge in [0.15, 0.2) is 0 Å². The number of hydrogen-bond donors (Lipinski definition) is 0. The van der Waals surface area contributed by atoms with E-state index >= 15 is 0 Å². The highest BCUT2D eigenvalue weighted by Crippen LogP contribution is 2.20. The van der Waals surface area contributed by atoms with E-state index in [2.05, 4.69) is 25.9 Å². The van der Waals surface area contributed by atoms with Crippen molar-refractivity contribution in [1.82, 2.24) is 4.90 Å². The Morgan fingerprint density at radius 3 is 1.57 bits per heavy atom. The molecule has 1 nitrogen and oxygen atoms in total. The van der Waals surface area contributed by atoms with Gasteiger partial charge >= 0.3 is 0 Å². The minimum absolute atomic E-state index is 0.208. The summed E-state index contributed by atoms with van der Waals surface area (Å²) in [7, 11) is 2.11. The zero-order valence-corrected chi connectivity index (χ0v) is 15.2. The summed E-state index contributed by atoms with van der Waals surface area (Å²) >= 11 is 0. The molecule has 0 radical (unpaired) electrons. The molecule has 0 amide bonds. The Balaban J connectivity index is 2.53. The van der Waals surface area contributed by atoms with Crippen molar-refractivity contribution in [3.63, 3.8) is 0 Å². The van der Waals surface area contributed by atoms with E-state index < -0.39 is 8.07 Å². The second-order valence-electron chi connectivity index (χ2n) is 6.40. The fraction of sp³-hybridized carbons (Fsp3) is 0.368. The maximum atomic E-state index is 13.4. The molecule has 0 bridgehead atoms. The molecule has 0 unspecified atom stereocenters. The third kappa shape index (κ3) is 4.27. The third-order valence-electron chi connectivity index (χ3n) is 4.46. The van der Waals surface area contributed by atoms with Gasteiger partial charge < -0.3 is 4.90 Å². The van der Waals surface area contributed by atoms with Crippen LogP contribution in [0.2, 0.25) is 12.1 Å². The Bertz CT molecular complexity index is 563. The van der Waals surface area contributed by atoms with Crippen molar-refractivity contribution in [3.05, 3.63) is 60.2 Å². The van der Waals surface area contributed by atoms with Crippen LogP contribution in [-0.2, 0) is 0 Å². The van der Waals surface area contributed by atoms with Crippen LogP contribution in [0.3, 0.4) is 0 Å². The molecule has 23 heavy (non-hydrogen) atoms. The van der Waals surface area contributed by atoms with E-state index in [1.165, 1.54) is 10.4 Å². The number of nitrogens with zero attached hydrogens (tertiary/aromatic N) is 1. The van der Waals surface area contributed by atoms with Gasteiger partial charge in [0.1, 0.15) is 19.7 Å². The quantitative estimate of drug-likeness (QED) is 0.701. The van der Waals surface area contributed by atoms with E-state index in [0.29, 0.717) is 0 Å². The molecule has 0 aliphatic carbocycles. The van der Waals surface area contributed by atoms with Gasteiger partial charge in [0.05, 0.1) is 0 Å². The first-order valence-corrected chi connectivity index (χ1v) is 10.6. The molecule has 0 saturated carbocycles. The maximum Gasteiger partial charge on any atom is 0.123 e. The molecule has 124 valence electrons. The highest BCUT2D eigenvalue weighted by Gasteiger charge is 2.36. The Kier molecular flexibility index (Phi) is 6.08. The van der Waals surface area contributed by atoms with Gasteiger partial charge in [-0.15, -0.1) is 0 Å². The molecule has 0 aromatic heterocycles. The predicted octanol–water partition coefficient (Wildman–Crippen LogP) is 3.50. The summed E-state index contributed by atoms with van der Waals surface area (Å²) in [6, 6.07) is 16.0. The Labute approximate surface area is 139 Å². The van der Waals surface area contributed by atoms with Crippen molar-refractivity contribution >= 4 is 18.4 Å². The van der Waals surface area contributed by atoms with Crippen molar-refractivity contribution < 1.29 is 8.78 Å². The van der Waals surface area contributed by atoms with Gasteiger partial charge in [-0.1, -0.05) is 48.0 Å². The SMILES string of the molecule is CCC[Si](CCN(C)C)(c1ccc(F)cc1)c1ccc(F)cc1. The maximum absolute atomic E-state index is 13.4. The number of halogens is 2. The largest absolute Gasteiger partial charge is 0.310 e. The molecule has 0 fully saturated rings. The lowest BCUT2D eigenvalue weighted by Crippen LogP contribution is -2.59. The lowest BCUT2D eigenvalue weighted by atomic mass is 10.3. The molecule has 0 saturated heterocycles. The molecule has 0 aliphatic rings. The fourth-order valence-corrected chi connectivity index (χ4v) is 8.28. The summed E-state index contributed by atoms with van der Waals surface area (Å²) in [5.74, 6) is -0.417. The first-order valence-electron chi connectivity index (χ1n) is 8.15. The average Bonchev–Trinajstić information content (AvgIpc) is 2.53. The molecule has 0 atom stereocenters. The van der Waals surface area contributed by atoms with Crippen LogP contribution in [0.1, 0.15) is 13.3 Å². The van der Waals surface area contributed by atoms with Gasteiger partial charge in [0.25, 0.3) is 0 Å². The molecular weight excluding hydrogens is 308 g/mol. The van der Waals surface area contributed by atoms with Crippen LogP contribution < -0.4 is 10.4 Å². The summed E-state index contributed by atoms with van der Waals surface area (Å²) in [6.45, 7) is 3.16. The van der Waals surface area contributed by atoms with Crippen LogP contribution in [0.25, 0.3) is 0 Å². The Hall–Kier alpha value is -1.52. The van der Waals surface area contributed by atoms with E-state index in [-0.39, 0.29) is 11.6 Å². The molecule has 0 heterocycles. The van der Waals surface area contributed by atoms with E-state index in [9.17, 15) is 8.78 Å². The van der Waals surface area contributed by atoms with Gasteiger partial charge in [-0.05, 0) is 57.0 Å². The van der Waals surface area contributed by atoms with Crippen molar-refractivity contribution in [2.75, 3.05) is 20.6 Å². The first kappa shape index (κ1) is 17.8. The highest BCUT2D eigenvalue weighted by molar-refractivity contribution is 7.02. The smallest absolute Gasteiger partial charge is 0.123 e. The van der Waals surface area contributed by atoms with Crippen molar-refractivity contribution in [3.8, 4) is 0 Å². The zero-order chi connectivity index (χ0) is 16.9. The number of benzene rings is 2. The molecule has 2 aromatic rings. The van der Waals surface area contributed by atoms with Gasteiger partial charge in [-0.25, -0.2) is 8.78 Å². The molecular formula is C19H25F2NSi. The first-order chi connectivity index (χ1) is 11.0. The van der Waals surface area contributed by atoms with Gasteiger partial charge in [0.2, 0.25) is 0 Å². The van der Waals surface area contributed by atoms with Crippen LogP contribution in [0.5, 0.6) is 0 Å². The summed E-state index contributed by atoms with van der Waals surface area (Å²) < 4.78 is 26.8. The lowest BCUT2D eigenvalue weighted by Gasteiger charge is -2.34. The summed E-state index contributed by atoms with van der Waals surface area (Å²) in [5, 5.41) is 2.46. The minimum Gasteiger partial charge on any atom is -0.310 e. The van der Waals surface area contributed by atoms with Crippen molar-refractivity contribution in [2.24, 2.45) is 0 Å². The topological polar surface area (TPSA) is 3.24 Å². The molecule has 0 aliphatic heterocycles. The molecule has 4 heteroatoms. The van der Waals surface area contributed by atoms with Crippen molar-refractivity contribution in [2.45, 2.75) is 25.4 Å². The Morgan fingerprint density at radius 2 is 1.22 bits per heavy atom. The van der Waals surface area contributed by atoms with E-state index in [1.54, 1.807) is 24.3 Å². The monoisotopic (exact) mass is 333 g/mol. The molecule has 2 aromatic carbocycles. The third-order valence-corrected chi connectivity index (χ3v) is 9.76. The Morgan fingerprint density at radius 1 is 0.783 bits per heavy atom. The summed E-state index contributed by atoms with van der Waals surface area (Å²) in [6.07, 6.45) is 1.06. The van der Waals surface area contributed by atoms with Crippen LogP contribution in [0.4, 0.5) is 8.78 Å². The average molecular weight is 333 g/mol. The predicted molar refractivity (Wildman–Crippen MR) is 96.3 cm³/mol. The van der Waals surface area contributed by atoms with Crippen LogP contribution in [0.15, 0.2) is 48.5 Å². The van der Waals surface area contributed by atoms with Gasteiger partial charge in [0, 0.05) is 0 Å². The van der Waals surface area contributed by atoms with Crippen LogP contribution >= 0.6 is 0 Å². The summed E-state index contributed by atoms with van der Waals surface area (Å²) in [5.41, 5.74) is 0. The van der Waals surface area contributed by atoms with E-state index in [1.807, 2.05) is 24.3 Å². The second-order valence-corrected chi connectivity index (χ2v) is 10.7. The van der Waals surface area contributed by atoms with E-state index in [0.717, 1.165) is 25.1 Å². The van der Waals surface area contributed by atoms with Gasteiger partial charge in [-0.3, -0.25) is 0 Å². The second kappa shape index (κ2) is 7.84. The zero-order valence-electron chi connectivity index (χ0n) is 14.2. The minimum atomic E-state index is -2.03. The van der Waals surface area contributed by atoms with E-state index in [4.69, 9.17) is 0 Å². The highest BCUT2D eigenvalue weighted by atomic mass is 28.3. The fourth-order valence-electron chi connectivity index (χ4n) is 3.25. The lowest BCUT2D eigenvalue weighted by molar-refractivity contribution is 0.431. The molecule has 2 rings (SSSR count). The summed E-state index contributed by atoms with van der Waals surface area (Å²) in [4.78, 5) is 2.18.